The summed E-state index contributed by atoms with van der Waals surface area (Å²) >= 11 is 4.91. The molecule has 1 fully saturated rings. The fraction of sp³-hybridized carbons (Fsp3) is 0.389. The number of benzene rings is 1. The van der Waals surface area contributed by atoms with E-state index >= 15 is 0 Å². The minimum atomic E-state index is 0.0940. The lowest BCUT2D eigenvalue weighted by molar-refractivity contribution is 0.0795. The van der Waals surface area contributed by atoms with Crippen molar-refractivity contribution in [3.63, 3.8) is 0 Å². The summed E-state index contributed by atoms with van der Waals surface area (Å²) < 4.78 is 0.886. The molecule has 2 heterocycles. The van der Waals surface area contributed by atoms with Gasteiger partial charge < -0.3 is 4.90 Å². The highest BCUT2D eigenvalue weighted by Crippen LogP contribution is 2.25. The fourth-order valence-corrected chi connectivity index (χ4v) is 4.55. The molecule has 128 valence electrons. The molecule has 1 aliphatic heterocycles. The van der Waals surface area contributed by atoms with Crippen LogP contribution in [0.25, 0.3) is 0 Å². The van der Waals surface area contributed by atoms with Gasteiger partial charge in [0, 0.05) is 30.1 Å². The second-order valence-electron chi connectivity index (χ2n) is 6.15. The number of nitrogens with zero attached hydrogens (tertiary/aromatic N) is 1. The van der Waals surface area contributed by atoms with Gasteiger partial charge in [-0.25, -0.2) is 0 Å². The monoisotopic (exact) mass is 407 g/mol. The van der Waals surface area contributed by atoms with Crippen molar-refractivity contribution >= 4 is 33.2 Å². The van der Waals surface area contributed by atoms with Crippen molar-refractivity contribution in [1.29, 1.82) is 0 Å². The van der Waals surface area contributed by atoms with Gasteiger partial charge in [0.25, 0.3) is 5.91 Å². The van der Waals surface area contributed by atoms with E-state index in [9.17, 15) is 4.79 Å². The Labute approximate surface area is 155 Å². The number of amides is 1. The fourth-order valence-electron chi connectivity index (χ4n) is 3.01. The first kappa shape index (κ1) is 17.6. The van der Waals surface area contributed by atoms with Crippen LogP contribution in [0.15, 0.2) is 46.3 Å². The van der Waals surface area contributed by atoms with Gasteiger partial charge in [-0.2, -0.15) is 0 Å². The van der Waals surface area contributed by atoms with Crippen molar-refractivity contribution in [3.8, 4) is 0 Å². The normalized spacial score (nSPS) is 20.2. The molecule has 2 aromatic rings. The Kier molecular flexibility index (Phi) is 6.05. The predicted octanol–water partition coefficient (Wildman–Crippen LogP) is 3.97. The quantitative estimate of drug-likeness (QED) is 0.760. The molecular formula is C18H22BrN3OS. The third-order valence-corrected chi connectivity index (χ3v) is 6.21. The van der Waals surface area contributed by atoms with E-state index in [-0.39, 0.29) is 5.91 Å². The highest BCUT2D eigenvalue weighted by atomic mass is 79.9. The maximum absolute atomic E-state index is 12.4. The van der Waals surface area contributed by atoms with Crippen molar-refractivity contribution in [2.75, 3.05) is 13.6 Å². The van der Waals surface area contributed by atoms with E-state index in [4.69, 9.17) is 0 Å². The Balaban J connectivity index is 1.42. The molecule has 2 N–H and O–H groups in total. The van der Waals surface area contributed by atoms with E-state index in [1.54, 1.807) is 0 Å². The zero-order chi connectivity index (χ0) is 16.9. The number of nitrogens with one attached hydrogen (secondary N) is 2. The van der Waals surface area contributed by atoms with Gasteiger partial charge in [-0.1, -0.05) is 30.3 Å². The van der Waals surface area contributed by atoms with Crippen LogP contribution >= 0.6 is 27.3 Å². The van der Waals surface area contributed by atoms with Gasteiger partial charge >= 0.3 is 0 Å². The number of hydrogen-bond donors (Lipinski definition) is 2. The largest absolute Gasteiger partial charge is 0.341 e. The maximum Gasteiger partial charge on any atom is 0.264 e. The number of hydrogen-bond acceptors (Lipinski definition) is 4. The van der Waals surface area contributed by atoms with Crippen LogP contribution in [0.5, 0.6) is 0 Å². The zero-order valence-electron chi connectivity index (χ0n) is 13.7. The molecule has 1 aromatic heterocycles. The molecule has 0 aliphatic carbocycles. The van der Waals surface area contributed by atoms with Crippen LogP contribution in [0.3, 0.4) is 0 Å². The lowest BCUT2D eigenvalue weighted by atomic mass is 10.00. The molecule has 1 aliphatic rings. The van der Waals surface area contributed by atoms with Crippen LogP contribution in [0.4, 0.5) is 0 Å². The minimum Gasteiger partial charge on any atom is -0.341 e. The van der Waals surface area contributed by atoms with Crippen molar-refractivity contribution < 1.29 is 4.79 Å². The van der Waals surface area contributed by atoms with E-state index in [1.165, 1.54) is 16.9 Å². The first-order valence-corrected chi connectivity index (χ1v) is 9.87. The Bertz CT molecular complexity index is 676. The minimum absolute atomic E-state index is 0.0940. The molecule has 2 atom stereocenters. The van der Waals surface area contributed by atoms with Gasteiger partial charge in [0.15, 0.2) is 0 Å². The predicted molar refractivity (Wildman–Crippen MR) is 102 cm³/mol. The molecule has 1 saturated heterocycles. The first-order chi connectivity index (χ1) is 11.6. The van der Waals surface area contributed by atoms with Crippen LogP contribution in [0.1, 0.15) is 40.5 Å². The summed E-state index contributed by atoms with van der Waals surface area (Å²) in [6, 6.07) is 13.3. The van der Waals surface area contributed by atoms with E-state index < -0.39 is 0 Å². The zero-order valence-corrected chi connectivity index (χ0v) is 16.1. The lowest BCUT2D eigenvalue weighted by Gasteiger charge is -2.18. The maximum atomic E-state index is 12.4. The molecule has 0 saturated carbocycles. The molecule has 0 spiro atoms. The Morgan fingerprint density at radius 1 is 1.29 bits per heavy atom. The Morgan fingerprint density at radius 3 is 2.79 bits per heavy atom. The standard InChI is InChI=1S/C18H22BrN3OS/c1-22(18(23)17-15(19)9-11-24-17)10-5-8-14-12-16(21-20-14)13-6-3-2-4-7-13/h2-4,6-7,9,11,14,16,20-21H,5,8,10,12H2,1H3. The topological polar surface area (TPSA) is 44.4 Å². The summed E-state index contributed by atoms with van der Waals surface area (Å²) in [4.78, 5) is 15.0. The van der Waals surface area contributed by atoms with Crippen LogP contribution in [-0.2, 0) is 0 Å². The number of hydrazine groups is 1. The summed E-state index contributed by atoms with van der Waals surface area (Å²) in [5.74, 6) is 0.0940. The average molecular weight is 408 g/mol. The van der Waals surface area contributed by atoms with Crippen molar-refractivity contribution in [2.24, 2.45) is 0 Å². The molecule has 6 heteroatoms. The molecule has 0 radical (unpaired) electrons. The van der Waals surface area contributed by atoms with Crippen LogP contribution in [0.2, 0.25) is 0 Å². The molecule has 24 heavy (non-hydrogen) atoms. The van der Waals surface area contributed by atoms with Gasteiger partial charge in [0.05, 0.1) is 0 Å². The van der Waals surface area contributed by atoms with Crippen molar-refractivity contribution in [2.45, 2.75) is 31.3 Å². The number of thiophene rings is 1. The Morgan fingerprint density at radius 2 is 2.08 bits per heavy atom. The van der Waals surface area contributed by atoms with Crippen LogP contribution < -0.4 is 10.9 Å². The summed E-state index contributed by atoms with van der Waals surface area (Å²) in [5, 5.41) is 1.93. The summed E-state index contributed by atoms with van der Waals surface area (Å²) in [5.41, 5.74) is 8.09. The summed E-state index contributed by atoms with van der Waals surface area (Å²) in [6.45, 7) is 0.775. The van der Waals surface area contributed by atoms with Gasteiger partial charge in [-0.15, -0.1) is 11.3 Å². The third kappa shape index (κ3) is 4.25. The molecule has 1 amide bonds. The third-order valence-electron chi connectivity index (χ3n) is 4.39. The van der Waals surface area contributed by atoms with Crippen molar-refractivity contribution in [1.82, 2.24) is 15.8 Å². The highest BCUT2D eigenvalue weighted by Gasteiger charge is 2.24. The molecule has 0 bridgehead atoms. The second kappa shape index (κ2) is 8.25. The smallest absolute Gasteiger partial charge is 0.264 e. The molecule has 3 rings (SSSR count). The molecule has 4 nitrogen and oxygen atoms in total. The lowest BCUT2D eigenvalue weighted by Crippen LogP contribution is -2.32. The van der Waals surface area contributed by atoms with Gasteiger partial charge in [0.2, 0.25) is 0 Å². The Hall–Kier alpha value is -1.21. The van der Waals surface area contributed by atoms with Crippen LogP contribution in [-0.4, -0.2) is 30.4 Å². The second-order valence-corrected chi connectivity index (χ2v) is 7.92. The van der Waals surface area contributed by atoms with E-state index in [0.717, 1.165) is 35.2 Å². The van der Waals surface area contributed by atoms with E-state index in [2.05, 4.69) is 51.0 Å². The molecule has 2 unspecified atom stereocenters. The SMILES string of the molecule is CN(CCCC1CC(c2ccccc2)NN1)C(=O)c1sccc1Br. The van der Waals surface area contributed by atoms with Gasteiger partial charge in [-0.3, -0.25) is 15.6 Å². The van der Waals surface area contributed by atoms with Crippen molar-refractivity contribution in [3.05, 3.63) is 56.7 Å². The van der Waals surface area contributed by atoms with E-state index in [1.807, 2.05) is 29.5 Å². The first-order valence-electron chi connectivity index (χ1n) is 8.19. The summed E-state index contributed by atoms with van der Waals surface area (Å²) in [7, 11) is 1.88. The number of carbonyl (C=O) groups excluding carboxylic acids is 1. The average Bonchev–Trinajstić information content (AvgIpc) is 3.24. The van der Waals surface area contributed by atoms with Gasteiger partial charge in [0.1, 0.15) is 4.88 Å². The molecular weight excluding hydrogens is 386 g/mol. The number of halogens is 1. The van der Waals surface area contributed by atoms with E-state index in [0.29, 0.717) is 12.1 Å². The van der Waals surface area contributed by atoms with Crippen LogP contribution in [0, 0.1) is 0 Å². The number of carbonyl (C=O) groups is 1. The van der Waals surface area contributed by atoms with Gasteiger partial charge in [-0.05, 0) is 52.2 Å². The molecule has 1 aromatic carbocycles. The number of rotatable bonds is 6. The summed E-state index contributed by atoms with van der Waals surface area (Å²) in [6.07, 6.45) is 3.13. The highest BCUT2D eigenvalue weighted by molar-refractivity contribution is 9.10.